The van der Waals surface area contributed by atoms with Crippen molar-refractivity contribution < 1.29 is 19.0 Å². The van der Waals surface area contributed by atoms with E-state index in [0.717, 1.165) is 51.9 Å². The Morgan fingerprint density at radius 1 is 1.06 bits per heavy atom. The molecule has 0 radical (unpaired) electrons. The van der Waals surface area contributed by atoms with Crippen LogP contribution in [0.1, 0.15) is 41.1 Å². The number of Topliss-reactive ketones (excluding diaryl/α,β-unsaturated/α-hetero) is 1. The third kappa shape index (κ3) is 4.73. The van der Waals surface area contributed by atoms with Gasteiger partial charge in [-0.05, 0) is 41.6 Å². The smallest absolute Gasteiger partial charge is 0.184 e. The molecule has 5 nitrogen and oxygen atoms in total. The van der Waals surface area contributed by atoms with E-state index >= 15 is 0 Å². The van der Waals surface area contributed by atoms with E-state index in [9.17, 15) is 4.79 Å². The first-order valence-corrected chi connectivity index (χ1v) is 10.8. The van der Waals surface area contributed by atoms with Crippen molar-refractivity contribution in [2.45, 2.75) is 26.1 Å². The minimum absolute atomic E-state index is 0.102. The second kappa shape index (κ2) is 9.50. The Balaban J connectivity index is 1.61. The number of ether oxygens (including phenoxy) is 3. The number of anilines is 1. The van der Waals surface area contributed by atoms with Crippen LogP contribution in [0.15, 0.2) is 54.6 Å². The van der Waals surface area contributed by atoms with Crippen LogP contribution in [0.25, 0.3) is 10.8 Å². The molecule has 1 fully saturated rings. The van der Waals surface area contributed by atoms with Crippen molar-refractivity contribution in [2.75, 3.05) is 38.8 Å². The van der Waals surface area contributed by atoms with Crippen LogP contribution in [-0.2, 0) is 15.9 Å². The van der Waals surface area contributed by atoms with Crippen molar-refractivity contribution in [1.29, 1.82) is 0 Å². The normalized spacial score (nSPS) is 14.2. The second-order valence-corrected chi connectivity index (χ2v) is 7.92. The Labute approximate surface area is 183 Å². The topological polar surface area (TPSA) is 48.0 Å². The van der Waals surface area contributed by atoms with Crippen LogP contribution in [0.2, 0.25) is 0 Å². The molecule has 1 heterocycles. The molecule has 0 unspecified atom stereocenters. The van der Waals surface area contributed by atoms with Crippen LogP contribution in [0.3, 0.4) is 0 Å². The maximum Gasteiger partial charge on any atom is 0.184 e. The highest BCUT2D eigenvalue weighted by molar-refractivity contribution is 6.05. The second-order valence-electron chi connectivity index (χ2n) is 7.92. The summed E-state index contributed by atoms with van der Waals surface area (Å²) >= 11 is 0. The van der Waals surface area contributed by atoms with Crippen molar-refractivity contribution in [2.24, 2.45) is 0 Å². The van der Waals surface area contributed by atoms with E-state index in [2.05, 4.69) is 18.9 Å². The lowest BCUT2D eigenvalue weighted by atomic mass is 9.97. The number of rotatable bonds is 8. The van der Waals surface area contributed by atoms with Gasteiger partial charge in [-0.1, -0.05) is 37.3 Å². The van der Waals surface area contributed by atoms with Crippen LogP contribution < -0.4 is 9.64 Å². The predicted molar refractivity (Wildman–Crippen MR) is 123 cm³/mol. The minimum Gasteiger partial charge on any atom is -0.497 e. The van der Waals surface area contributed by atoms with Gasteiger partial charge in [-0.3, -0.25) is 4.79 Å². The zero-order valence-electron chi connectivity index (χ0n) is 18.4. The van der Waals surface area contributed by atoms with Crippen LogP contribution in [0.5, 0.6) is 5.75 Å². The van der Waals surface area contributed by atoms with Crippen molar-refractivity contribution in [3.05, 3.63) is 71.3 Å². The summed E-state index contributed by atoms with van der Waals surface area (Å²) < 4.78 is 16.5. The van der Waals surface area contributed by atoms with Crippen LogP contribution >= 0.6 is 0 Å². The molecule has 3 aromatic rings. The highest BCUT2D eigenvalue weighted by Crippen LogP contribution is 2.32. The average Bonchev–Trinajstić information content (AvgIpc) is 3.33. The van der Waals surface area contributed by atoms with E-state index in [-0.39, 0.29) is 12.1 Å². The van der Waals surface area contributed by atoms with Crippen molar-refractivity contribution >= 4 is 22.2 Å². The van der Waals surface area contributed by atoms with Gasteiger partial charge in [-0.15, -0.1) is 0 Å². The fourth-order valence-corrected chi connectivity index (χ4v) is 4.01. The molecule has 31 heavy (non-hydrogen) atoms. The Bertz CT molecular complexity index is 1050. The molecule has 4 rings (SSSR count). The molecule has 0 N–H and O–H groups in total. The highest BCUT2D eigenvalue weighted by atomic mass is 16.7. The average molecular weight is 420 g/mol. The maximum absolute atomic E-state index is 13.2. The molecule has 0 bridgehead atoms. The minimum atomic E-state index is -0.293. The number of carbonyl (C=O) groups is 1. The summed E-state index contributed by atoms with van der Waals surface area (Å²) in [4.78, 5) is 15.4. The lowest BCUT2D eigenvalue weighted by Crippen LogP contribution is -2.18. The molecule has 3 aromatic carbocycles. The van der Waals surface area contributed by atoms with Gasteiger partial charge in [-0.25, -0.2) is 0 Å². The molecule has 1 aliphatic heterocycles. The van der Waals surface area contributed by atoms with Crippen molar-refractivity contribution in [1.82, 2.24) is 0 Å². The van der Waals surface area contributed by atoms with Gasteiger partial charge in [-0.2, -0.15) is 0 Å². The van der Waals surface area contributed by atoms with E-state index < -0.39 is 0 Å². The summed E-state index contributed by atoms with van der Waals surface area (Å²) in [6, 6.07) is 17.9. The van der Waals surface area contributed by atoms with Crippen LogP contribution in [0.4, 0.5) is 5.69 Å². The quantitative estimate of drug-likeness (QED) is 0.472. The number of ketones is 1. The summed E-state index contributed by atoms with van der Waals surface area (Å²) in [5.41, 5.74) is 3.73. The fourth-order valence-electron chi connectivity index (χ4n) is 4.01. The number of hydrogen-bond acceptors (Lipinski definition) is 5. The van der Waals surface area contributed by atoms with Gasteiger partial charge in [0.05, 0.1) is 20.3 Å². The van der Waals surface area contributed by atoms with Gasteiger partial charge in [0.2, 0.25) is 0 Å². The molecule has 0 aromatic heterocycles. The fraction of sp³-hybridized carbons (Fsp3) is 0.346. The standard InChI is InChI=1S/C26H29NO4/c1-4-11-27(2)24-16-21(15-20-9-10-22(29-3)17-23(20)24)25(28)14-18-5-7-19(8-6-18)26-30-12-13-31-26/h5-10,15-17,26H,4,11-14H2,1-3H3. The Kier molecular flexibility index (Phi) is 6.54. The SMILES string of the molecule is CCCN(C)c1cc(C(=O)Cc2ccc(C3OCCO3)cc2)cc2ccc(OC)cc12. The molecule has 5 heteroatoms. The van der Waals surface area contributed by atoms with Gasteiger partial charge < -0.3 is 19.1 Å². The maximum atomic E-state index is 13.2. The summed E-state index contributed by atoms with van der Waals surface area (Å²) in [5.74, 6) is 0.915. The summed E-state index contributed by atoms with van der Waals surface area (Å²) in [6.07, 6.45) is 1.09. The number of methoxy groups -OCH3 is 1. The molecule has 0 saturated carbocycles. The summed E-state index contributed by atoms with van der Waals surface area (Å²) in [5, 5.41) is 2.13. The van der Waals surface area contributed by atoms with E-state index in [4.69, 9.17) is 14.2 Å². The van der Waals surface area contributed by atoms with Crippen molar-refractivity contribution in [3.63, 3.8) is 0 Å². The molecule has 0 amide bonds. The van der Waals surface area contributed by atoms with E-state index in [1.54, 1.807) is 7.11 Å². The molecule has 0 atom stereocenters. The lowest BCUT2D eigenvalue weighted by molar-refractivity contribution is -0.0441. The third-order valence-electron chi connectivity index (χ3n) is 5.67. The zero-order valence-corrected chi connectivity index (χ0v) is 18.4. The first kappa shape index (κ1) is 21.3. The Morgan fingerprint density at radius 2 is 1.81 bits per heavy atom. The highest BCUT2D eigenvalue weighted by Gasteiger charge is 2.18. The number of fused-ring (bicyclic) bond motifs is 1. The molecule has 1 saturated heterocycles. The Hall–Kier alpha value is -2.89. The van der Waals surface area contributed by atoms with Gasteiger partial charge in [0.1, 0.15) is 5.75 Å². The summed E-state index contributed by atoms with van der Waals surface area (Å²) in [7, 11) is 3.74. The number of carbonyl (C=O) groups excluding carboxylic acids is 1. The van der Waals surface area contributed by atoms with Gasteiger partial charge in [0.25, 0.3) is 0 Å². The van der Waals surface area contributed by atoms with E-state index in [1.165, 1.54) is 0 Å². The van der Waals surface area contributed by atoms with Crippen LogP contribution in [0, 0.1) is 0 Å². The predicted octanol–water partition coefficient (Wildman–Crippen LogP) is 5.17. The lowest BCUT2D eigenvalue weighted by Gasteiger charge is -2.22. The molecule has 1 aliphatic rings. The van der Waals surface area contributed by atoms with E-state index in [1.807, 2.05) is 54.6 Å². The molecule has 162 valence electrons. The van der Waals surface area contributed by atoms with Crippen molar-refractivity contribution in [3.8, 4) is 5.75 Å². The molecular weight excluding hydrogens is 390 g/mol. The van der Waals surface area contributed by atoms with E-state index in [0.29, 0.717) is 19.6 Å². The molecular formula is C26H29NO4. The number of benzene rings is 3. The monoisotopic (exact) mass is 419 g/mol. The molecule has 0 spiro atoms. The van der Waals surface area contributed by atoms with Gasteiger partial charge in [0.15, 0.2) is 12.1 Å². The zero-order chi connectivity index (χ0) is 21.8. The number of hydrogen-bond donors (Lipinski definition) is 0. The van der Waals surface area contributed by atoms with Crippen LogP contribution in [-0.4, -0.2) is 39.7 Å². The third-order valence-corrected chi connectivity index (χ3v) is 5.67. The van der Waals surface area contributed by atoms with Gasteiger partial charge in [0, 0.05) is 42.2 Å². The largest absolute Gasteiger partial charge is 0.497 e. The van der Waals surface area contributed by atoms with Gasteiger partial charge >= 0.3 is 0 Å². The Morgan fingerprint density at radius 3 is 2.48 bits per heavy atom. The molecule has 0 aliphatic carbocycles. The first-order chi connectivity index (χ1) is 15.1. The first-order valence-electron chi connectivity index (χ1n) is 10.8. The number of nitrogens with zero attached hydrogens (tertiary/aromatic N) is 1. The summed E-state index contributed by atoms with van der Waals surface area (Å²) in [6.45, 7) is 4.30.